The number of nitriles is 1. The van der Waals surface area contributed by atoms with Gasteiger partial charge in [0, 0.05) is 18.1 Å². The van der Waals surface area contributed by atoms with Crippen molar-refractivity contribution >= 4 is 0 Å². The van der Waals surface area contributed by atoms with Crippen LogP contribution in [0.15, 0.2) is 18.2 Å². The Balaban J connectivity index is 3.12. The van der Waals surface area contributed by atoms with E-state index in [0.29, 0.717) is 5.56 Å². The summed E-state index contributed by atoms with van der Waals surface area (Å²) < 4.78 is 5.65. The van der Waals surface area contributed by atoms with Gasteiger partial charge in [-0.25, -0.2) is 0 Å². The van der Waals surface area contributed by atoms with Crippen LogP contribution in [0.1, 0.15) is 37.8 Å². The first-order chi connectivity index (χ1) is 7.58. The monoisotopic (exact) mass is 219 g/mol. The zero-order valence-electron chi connectivity index (χ0n) is 9.90. The maximum atomic E-state index is 9.17. The van der Waals surface area contributed by atoms with Gasteiger partial charge in [0.25, 0.3) is 0 Å². The lowest BCUT2D eigenvalue weighted by molar-refractivity contribution is 0.231. The fourth-order valence-electron chi connectivity index (χ4n) is 1.46. The highest BCUT2D eigenvalue weighted by molar-refractivity contribution is 5.43. The summed E-state index contributed by atoms with van der Waals surface area (Å²) in [5.74, 6) is 0.720. The molecule has 0 bridgehead atoms. The first-order valence-electron chi connectivity index (χ1n) is 5.40. The van der Waals surface area contributed by atoms with E-state index in [9.17, 15) is 5.11 Å². The Kier molecular flexibility index (Phi) is 4.33. The molecule has 1 unspecified atom stereocenters. The second kappa shape index (κ2) is 5.53. The summed E-state index contributed by atoms with van der Waals surface area (Å²) in [5, 5.41) is 18.0. The highest BCUT2D eigenvalue weighted by Crippen LogP contribution is 2.28. The molecule has 0 saturated carbocycles. The molecule has 1 atom stereocenters. The van der Waals surface area contributed by atoms with E-state index in [1.54, 1.807) is 18.2 Å². The molecule has 0 spiro atoms. The van der Waals surface area contributed by atoms with Crippen molar-refractivity contribution < 1.29 is 9.84 Å². The Labute approximate surface area is 96.3 Å². The molecular formula is C13H17NO2. The van der Waals surface area contributed by atoms with Gasteiger partial charge in [0.1, 0.15) is 5.75 Å². The molecular weight excluding hydrogens is 202 g/mol. The predicted molar refractivity (Wildman–Crippen MR) is 62.4 cm³/mol. The lowest BCUT2D eigenvalue weighted by atomic mass is 9.99. The fourth-order valence-corrected chi connectivity index (χ4v) is 1.46. The summed E-state index contributed by atoms with van der Waals surface area (Å²) in [4.78, 5) is 0. The van der Waals surface area contributed by atoms with Crippen molar-refractivity contribution in [2.24, 2.45) is 0 Å². The van der Waals surface area contributed by atoms with E-state index in [-0.39, 0.29) is 18.6 Å². The van der Waals surface area contributed by atoms with E-state index in [1.807, 2.05) is 20.8 Å². The Morgan fingerprint density at radius 1 is 1.38 bits per heavy atom. The van der Waals surface area contributed by atoms with E-state index in [2.05, 4.69) is 6.07 Å². The van der Waals surface area contributed by atoms with Crippen LogP contribution in [0.3, 0.4) is 0 Å². The lowest BCUT2D eigenvalue weighted by Gasteiger charge is -2.17. The first-order valence-corrected chi connectivity index (χ1v) is 5.40. The third-order valence-corrected chi connectivity index (χ3v) is 2.31. The Bertz CT molecular complexity index is 393. The number of hydrogen-bond donors (Lipinski definition) is 1. The minimum atomic E-state index is -0.0259. The topological polar surface area (TPSA) is 53.2 Å². The molecule has 3 heteroatoms. The molecule has 16 heavy (non-hydrogen) atoms. The average molecular weight is 219 g/mol. The van der Waals surface area contributed by atoms with Gasteiger partial charge >= 0.3 is 0 Å². The Morgan fingerprint density at radius 2 is 2.06 bits per heavy atom. The van der Waals surface area contributed by atoms with Gasteiger partial charge < -0.3 is 9.84 Å². The molecule has 0 aliphatic carbocycles. The second-order valence-corrected chi connectivity index (χ2v) is 4.11. The summed E-state index contributed by atoms with van der Waals surface area (Å²) in [5.41, 5.74) is 1.47. The Morgan fingerprint density at radius 3 is 2.56 bits per heavy atom. The van der Waals surface area contributed by atoms with Crippen molar-refractivity contribution in [1.29, 1.82) is 5.26 Å². The SMILES string of the molecule is CC(C)Oc1ccc(C#N)cc1C(C)CO. The van der Waals surface area contributed by atoms with Gasteiger partial charge in [0.2, 0.25) is 0 Å². The number of nitrogens with zero attached hydrogens (tertiary/aromatic N) is 1. The van der Waals surface area contributed by atoms with Crippen molar-refractivity contribution in [1.82, 2.24) is 0 Å². The summed E-state index contributed by atoms with van der Waals surface area (Å²) in [6.07, 6.45) is 0.0811. The predicted octanol–water partition coefficient (Wildman–Crippen LogP) is 2.44. The van der Waals surface area contributed by atoms with Crippen LogP contribution in [0.4, 0.5) is 0 Å². The second-order valence-electron chi connectivity index (χ2n) is 4.11. The van der Waals surface area contributed by atoms with Gasteiger partial charge in [0.05, 0.1) is 17.7 Å². The van der Waals surface area contributed by atoms with Crippen molar-refractivity contribution in [2.75, 3.05) is 6.61 Å². The van der Waals surface area contributed by atoms with Crippen LogP contribution in [-0.2, 0) is 0 Å². The zero-order chi connectivity index (χ0) is 12.1. The van der Waals surface area contributed by atoms with E-state index in [0.717, 1.165) is 11.3 Å². The number of benzene rings is 1. The van der Waals surface area contributed by atoms with E-state index in [1.165, 1.54) is 0 Å². The number of ether oxygens (including phenoxy) is 1. The van der Waals surface area contributed by atoms with Gasteiger partial charge in [-0.2, -0.15) is 5.26 Å². The number of rotatable bonds is 4. The van der Waals surface area contributed by atoms with Gasteiger partial charge in [-0.1, -0.05) is 6.92 Å². The summed E-state index contributed by atoms with van der Waals surface area (Å²) >= 11 is 0. The minimum absolute atomic E-state index is 0.0259. The molecule has 3 nitrogen and oxygen atoms in total. The van der Waals surface area contributed by atoms with Crippen LogP contribution >= 0.6 is 0 Å². The molecule has 0 radical (unpaired) electrons. The smallest absolute Gasteiger partial charge is 0.123 e. The van der Waals surface area contributed by atoms with Crippen LogP contribution in [-0.4, -0.2) is 17.8 Å². The van der Waals surface area contributed by atoms with Crippen molar-refractivity contribution in [3.63, 3.8) is 0 Å². The standard InChI is InChI=1S/C13H17NO2/c1-9(2)16-13-5-4-11(7-14)6-12(13)10(3)8-15/h4-6,9-10,15H,8H2,1-3H3. The van der Waals surface area contributed by atoms with Crippen molar-refractivity contribution in [3.05, 3.63) is 29.3 Å². The van der Waals surface area contributed by atoms with Crippen LogP contribution in [0.5, 0.6) is 5.75 Å². The van der Waals surface area contributed by atoms with Gasteiger partial charge in [0.15, 0.2) is 0 Å². The number of aliphatic hydroxyl groups is 1. The number of aliphatic hydroxyl groups excluding tert-OH is 1. The fraction of sp³-hybridized carbons (Fsp3) is 0.462. The zero-order valence-corrected chi connectivity index (χ0v) is 9.90. The highest BCUT2D eigenvalue weighted by Gasteiger charge is 2.13. The normalized spacial score (nSPS) is 12.2. The summed E-state index contributed by atoms with van der Waals surface area (Å²) in [6.45, 7) is 5.85. The third-order valence-electron chi connectivity index (χ3n) is 2.31. The van der Waals surface area contributed by atoms with Gasteiger partial charge in [-0.3, -0.25) is 0 Å². The van der Waals surface area contributed by atoms with Gasteiger partial charge in [-0.05, 0) is 32.0 Å². The molecule has 0 aliphatic rings. The average Bonchev–Trinajstić information content (AvgIpc) is 2.28. The van der Waals surface area contributed by atoms with Gasteiger partial charge in [-0.15, -0.1) is 0 Å². The largest absolute Gasteiger partial charge is 0.491 e. The molecule has 1 rings (SSSR count). The molecule has 0 heterocycles. The van der Waals surface area contributed by atoms with E-state index < -0.39 is 0 Å². The molecule has 86 valence electrons. The molecule has 0 fully saturated rings. The Hall–Kier alpha value is -1.53. The lowest BCUT2D eigenvalue weighted by Crippen LogP contribution is -2.10. The van der Waals surface area contributed by atoms with Crippen LogP contribution < -0.4 is 4.74 Å². The quantitative estimate of drug-likeness (QED) is 0.846. The third kappa shape index (κ3) is 2.98. The summed E-state index contributed by atoms with van der Waals surface area (Å²) in [6, 6.07) is 7.39. The summed E-state index contributed by atoms with van der Waals surface area (Å²) in [7, 11) is 0. The molecule has 0 aromatic heterocycles. The molecule has 1 N–H and O–H groups in total. The van der Waals surface area contributed by atoms with E-state index in [4.69, 9.17) is 10.00 Å². The minimum Gasteiger partial charge on any atom is -0.491 e. The maximum absolute atomic E-state index is 9.17. The highest BCUT2D eigenvalue weighted by atomic mass is 16.5. The molecule has 1 aromatic carbocycles. The first kappa shape index (κ1) is 12.5. The van der Waals surface area contributed by atoms with Crippen LogP contribution in [0, 0.1) is 11.3 Å². The maximum Gasteiger partial charge on any atom is 0.123 e. The number of hydrogen-bond acceptors (Lipinski definition) is 3. The van der Waals surface area contributed by atoms with Crippen molar-refractivity contribution in [2.45, 2.75) is 32.8 Å². The van der Waals surface area contributed by atoms with Crippen molar-refractivity contribution in [3.8, 4) is 11.8 Å². The van der Waals surface area contributed by atoms with Crippen LogP contribution in [0.25, 0.3) is 0 Å². The van der Waals surface area contributed by atoms with E-state index >= 15 is 0 Å². The molecule has 1 aromatic rings. The molecule has 0 aliphatic heterocycles. The molecule has 0 saturated heterocycles. The van der Waals surface area contributed by atoms with Crippen LogP contribution in [0.2, 0.25) is 0 Å². The molecule has 0 amide bonds.